The largest absolute Gasteiger partial charge is 0.454 e. The molecule has 0 amide bonds. The van der Waals surface area contributed by atoms with E-state index in [4.69, 9.17) is 14.5 Å². The van der Waals surface area contributed by atoms with Crippen LogP contribution in [0.3, 0.4) is 0 Å². The van der Waals surface area contributed by atoms with Crippen molar-refractivity contribution in [3.8, 4) is 22.8 Å². The van der Waals surface area contributed by atoms with E-state index in [-0.39, 0.29) is 6.79 Å². The van der Waals surface area contributed by atoms with Crippen LogP contribution in [-0.4, -0.2) is 37.6 Å². The van der Waals surface area contributed by atoms with Gasteiger partial charge in [0.05, 0.1) is 16.1 Å². The van der Waals surface area contributed by atoms with Gasteiger partial charge >= 0.3 is 0 Å². The highest BCUT2D eigenvalue weighted by molar-refractivity contribution is 7.89. The Morgan fingerprint density at radius 1 is 1.00 bits per heavy atom. The molecule has 2 aliphatic rings. The van der Waals surface area contributed by atoms with Crippen molar-refractivity contribution in [2.24, 2.45) is 5.92 Å². The van der Waals surface area contributed by atoms with Crippen molar-refractivity contribution >= 4 is 20.9 Å². The zero-order valence-corrected chi connectivity index (χ0v) is 17.9. The summed E-state index contributed by atoms with van der Waals surface area (Å²) in [5.74, 6) is 2.02. The molecule has 6 nitrogen and oxygen atoms in total. The Kier molecular flexibility index (Phi) is 4.67. The monoisotopic (exact) mass is 424 g/mol. The molecule has 2 aliphatic heterocycles. The minimum Gasteiger partial charge on any atom is -0.454 e. The third-order valence-electron chi connectivity index (χ3n) is 6.04. The number of fused-ring (bicyclic) bond motifs is 2. The summed E-state index contributed by atoms with van der Waals surface area (Å²) in [7, 11) is -3.45. The number of hydrogen-bond acceptors (Lipinski definition) is 5. The maximum absolute atomic E-state index is 13.0. The molecule has 0 atom stereocenters. The van der Waals surface area contributed by atoms with Crippen molar-refractivity contribution in [2.45, 2.75) is 31.6 Å². The summed E-state index contributed by atoms with van der Waals surface area (Å²) >= 11 is 0. The molecule has 0 unspecified atom stereocenters. The van der Waals surface area contributed by atoms with Crippen LogP contribution in [0, 0.1) is 12.8 Å². The number of piperidine rings is 1. The molecule has 0 bridgehead atoms. The molecule has 0 radical (unpaired) electrons. The number of aromatic nitrogens is 1. The lowest BCUT2D eigenvalue weighted by Crippen LogP contribution is -2.37. The van der Waals surface area contributed by atoms with Gasteiger partial charge in [0, 0.05) is 30.1 Å². The average Bonchev–Trinajstić information content (AvgIpc) is 3.20. The lowest BCUT2D eigenvalue weighted by Gasteiger charge is -2.29. The van der Waals surface area contributed by atoms with Crippen LogP contribution in [0.15, 0.2) is 47.4 Å². The van der Waals surface area contributed by atoms with E-state index in [2.05, 4.69) is 6.92 Å². The molecule has 156 valence electrons. The molecule has 1 fully saturated rings. The molecule has 2 aromatic carbocycles. The first kappa shape index (κ1) is 19.3. The van der Waals surface area contributed by atoms with E-state index < -0.39 is 10.0 Å². The van der Waals surface area contributed by atoms with Crippen molar-refractivity contribution < 1.29 is 17.9 Å². The highest BCUT2D eigenvalue weighted by Gasteiger charge is 2.28. The summed E-state index contributed by atoms with van der Waals surface area (Å²) in [6, 6.07) is 12.9. The van der Waals surface area contributed by atoms with Gasteiger partial charge in [0.1, 0.15) is 0 Å². The Morgan fingerprint density at radius 3 is 2.37 bits per heavy atom. The van der Waals surface area contributed by atoms with Gasteiger partial charge in [0.15, 0.2) is 11.5 Å². The second-order valence-electron chi connectivity index (χ2n) is 8.16. The molecule has 1 aromatic heterocycles. The normalized spacial score (nSPS) is 17.5. The van der Waals surface area contributed by atoms with Gasteiger partial charge in [-0.1, -0.05) is 19.1 Å². The van der Waals surface area contributed by atoms with Crippen LogP contribution in [-0.2, 0) is 10.0 Å². The highest BCUT2D eigenvalue weighted by Crippen LogP contribution is 2.37. The molecular weight excluding hydrogens is 400 g/mol. The highest BCUT2D eigenvalue weighted by atomic mass is 32.2. The predicted octanol–water partition coefficient (Wildman–Crippen LogP) is 4.36. The Morgan fingerprint density at radius 2 is 1.67 bits per heavy atom. The number of benzene rings is 2. The van der Waals surface area contributed by atoms with E-state index in [1.165, 1.54) is 0 Å². The third kappa shape index (κ3) is 3.32. The van der Waals surface area contributed by atoms with Gasteiger partial charge in [0.2, 0.25) is 16.8 Å². The molecule has 7 heteroatoms. The van der Waals surface area contributed by atoms with Gasteiger partial charge in [-0.2, -0.15) is 4.31 Å². The fourth-order valence-electron chi connectivity index (χ4n) is 4.10. The Bertz CT molecular complexity index is 1210. The van der Waals surface area contributed by atoms with Crippen molar-refractivity contribution in [3.05, 3.63) is 48.0 Å². The number of ether oxygens (including phenoxy) is 2. The minimum absolute atomic E-state index is 0.226. The van der Waals surface area contributed by atoms with Crippen LogP contribution in [0.25, 0.3) is 22.2 Å². The molecule has 0 spiro atoms. The van der Waals surface area contributed by atoms with Crippen LogP contribution in [0.5, 0.6) is 11.5 Å². The second-order valence-corrected chi connectivity index (χ2v) is 10.1. The molecule has 0 N–H and O–H groups in total. The molecule has 1 saturated heterocycles. The van der Waals surface area contributed by atoms with E-state index in [1.807, 2.05) is 37.3 Å². The first-order valence-electron chi connectivity index (χ1n) is 10.2. The Hall–Kier alpha value is -2.64. The first-order chi connectivity index (χ1) is 14.4. The zero-order chi connectivity index (χ0) is 20.9. The van der Waals surface area contributed by atoms with Crippen molar-refractivity contribution in [3.63, 3.8) is 0 Å². The van der Waals surface area contributed by atoms with E-state index in [9.17, 15) is 8.42 Å². The summed E-state index contributed by atoms with van der Waals surface area (Å²) < 4.78 is 38.5. The van der Waals surface area contributed by atoms with Crippen molar-refractivity contribution in [1.29, 1.82) is 0 Å². The number of sulfonamides is 1. The molecule has 5 rings (SSSR count). The maximum atomic E-state index is 13.0. The average molecular weight is 425 g/mol. The van der Waals surface area contributed by atoms with Crippen molar-refractivity contribution in [1.82, 2.24) is 9.29 Å². The molecule has 30 heavy (non-hydrogen) atoms. The van der Waals surface area contributed by atoms with Gasteiger partial charge in [-0.3, -0.25) is 0 Å². The summed E-state index contributed by atoms with van der Waals surface area (Å²) in [6.45, 7) is 5.61. The molecule has 0 saturated carbocycles. The maximum Gasteiger partial charge on any atom is 0.243 e. The fourth-order valence-corrected chi connectivity index (χ4v) is 5.57. The standard InChI is InChI=1S/C23H24N2O4S/c1-15-7-9-25(10-8-15)30(26,27)18-5-3-17(4-6-18)20-11-16(2)19-12-22-23(29-14-28-22)13-21(19)24-20/h3-6,11-13,15H,7-10,14H2,1-2H3. The number of nitrogens with zero attached hydrogens (tertiary/aromatic N) is 2. The van der Waals surface area contributed by atoms with Crippen LogP contribution in [0.2, 0.25) is 0 Å². The zero-order valence-electron chi connectivity index (χ0n) is 17.1. The van der Waals surface area contributed by atoms with Crippen molar-refractivity contribution in [2.75, 3.05) is 19.9 Å². The third-order valence-corrected chi connectivity index (χ3v) is 7.95. The van der Waals surface area contributed by atoms with Gasteiger partial charge in [0.25, 0.3) is 0 Å². The second kappa shape index (κ2) is 7.25. The molecule has 3 aromatic rings. The summed E-state index contributed by atoms with van der Waals surface area (Å²) in [5.41, 5.74) is 3.58. The van der Waals surface area contributed by atoms with Gasteiger partial charge in [-0.05, 0) is 55.5 Å². The number of hydrogen-bond donors (Lipinski definition) is 0. The number of pyridine rings is 1. The minimum atomic E-state index is -3.45. The fraction of sp³-hybridized carbons (Fsp3) is 0.348. The smallest absolute Gasteiger partial charge is 0.243 e. The molecule has 0 aliphatic carbocycles. The molecule has 3 heterocycles. The Labute approximate surface area is 176 Å². The molecular formula is C23H24N2O4S. The quantitative estimate of drug-likeness (QED) is 0.625. The van der Waals surface area contributed by atoms with E-state index in [0.29, 0.717) is 29.7 Å². The lowest BCUT2D eigenvalue weighted by molar-refractivity contribution is 0.174. The number of rotatable bonds is 3. The lowest BCUT2D eigenvalue weighted by atomic mass is 10.0. The first-order valence-corrected chi connectivity index (χ1v) is 11.7. The van der Waals surface area contributed by atoms with E-state index in [0.717, 1.165) is 46.3 Å². The SMILES string of the molecule is Cc1cc(-c2ccc(S(=O)(=O)N3CCC(C)CC3)cc2)nc2cc3c(cc12)OCO3. The van der Waals surface area contributed by atoms with Gasteiger partial charge in [-0.15, -0.1) is 0 Å². The van der Waals surface area contributed by atoms with Gasteiger partial charge in [-0.25, -0.2) is 13.4 Å². The van der Waals surface area contributed by atoms with Crippen LogP contribution < -0.4 is 9.47 Å². The van der Waals surface area contributed by atoms with Crippen LogP contribution in [0.1, 0.15) is 25.3 Å². The predicted molar refractivity (Wildman–Crippen MR) is 115 cm³/mol. The Balaban J connectivity index is 1.47. The summed E-state index contributed by atoms with van der Waals surface area (Å²) in [5, 5.41) is 1.02. The number of aryl methyl sites for hydroxylation is 1. The van der Waals surface area contributed by atoms with Crippen LogP contribution in [0.4, 0.5) is 0 Å². The van der Waals surface area contributed by atoms with E-state index in [1.54, 1.807) is 16.4 Å². The van der Waals surface area contributed by atoms with E-state index >= 15 is 0 Å². The topological polar surface area (TPSA) is 68.7 Å². The summed E-state index contributed by atoms with van der Waals surface area (Å²) in [4.78, 5) is 5.11. The van der Waals surface area contributed by atoms with Gasteiger partial charge < -0.3 is 9.47 Å². The summed E-state index contributed by atoms with van der Waals surface area (Å²) in [6.07, 6.45) is 1.83. The van der Waals surface area contributed by atoms with Crippen LogP contribution >= 0.6 is 0 Å².